The van der Waals surface area contributed by atoms with Crippen LogP contribution in [0.1, 0.15) is 30.3 Å². The maximum Gasteiger partial charge on any atom is 0.127 e. The summed E-state index contributed by atoms with van der Waals surface area (Å²) in [4.78, 5) is 7.40. The highest BCUT2D eigenvalue weighted by Crippen LogP contribution is 2.35. The Morgan fingerprint density at radius 3 is 2.81 bits per heavy atom. The van der Waals surface area contributed by atoms with Gasteiger partial charge in [0.2, 0.25) is 0 Å². The number of nitrogens with zero attached hydrogens (tertiary/aromatic N) is 3. The average Bonchev–Trinajstić information content (AvgIpc) is 3.25. The van der Waals surface area contributed by atoms with Gasteiger partial charge in [0, 0.05) is 19.2 Å². The molecule has 0 radical (unpaired) electrons. The molecule has 0 spiro atoms. The largest absolute Gasteiger partial charge is 0.491 e. The minimum Gasteiger partial charge on any atom is -0.491 e. The number of likely N-dealkylation sites (tertiary alicyclic amines) is 1. The Kier molecular flexibility index (Phi) is 4.91. The van der Waals surface area contributed by atoms with Gasteiger partial charge in [-0.05, 0) is 37.6 Å². The highest BCUT2D eigenvalue weighted by molar-refractivity contribution is 5.75. The van der Waals surface area contributed by atoms with Gasteiger partial charge in [-0.1, -0.05) is 30.3 Å². The normalized spacial score (nSPS) is 17.8. The van der Waals surface area contributed by atoms with Crippen LogP contribution in [0, 0.1) is 0 Å². The first-order valence-corrected chi connectivity index (χ1v) is 9.25. The van der Waals surface area contributed by atoms with Gasteiger partial charge in [-0.15, -0.1) is 0 Å². The van der Waals surface area contributed by atoms with Crippen molar-refractivity contribution in [2.45, 2.75) is 25.4 Å². The minimum atomic E-state index is 0.0283. The molecule has 0 amide bonds. The number of hydrogen-bond donors (Lipinski definition) is 1. The van der Waals surface area contributed by atoms with E-state index in [1.165, 1.54) is 11.9 Å². The van der Waals surface area contributed by atoms with Crippen LogP contribution in [0.4, 0.5) is 0 Å². The molecule has 0 aliphatic carbocycles. The van der Waals surface area contributed by atoms with Crippen molar-refractivity contribution in [3.05, 3.63) is 59.9 Å². The van der Waals surface area contributed by atoms with Gasteiger partial charge in [-0.25, -0.2) is 4.98 Å². The van der Waals surface area contributed by atoms with Crippen LogP contribution in [0.25, 0.3) is 11.0 Å². The van der Waals surface area contributed by atoms with Crippen molar-refractivity contribution in [2.24, 2.45) is 7.05 Å². The molecule has 0 bridgehead atoms. The van der Waals surface area contributed by atoms with Crippen molar-refractivity contribution in [3.8, 4) is 5.75 Å². The van der Waals surface area contributed by atoms with Gasteiger partial charge >= 0.3 is 0 Å². The molecule has 136 valence electrons. The fourth-order valence-corrected chi connectivity index (χ4v) is 3.92. The molecule has 1 fully saturated rings. The molecule has 1 atom stereocenters. The molecule has 5 nitrogen and oxygen atoms in total. The lowest BCUT2D eigenvalue weighted by molar-refractivity contribution is 0.194. The number of rotatable bonds is 6. The van der Waals surface area contributed by atoms with E-state index in [0.29, 0.717) is 12.6 Å². The first-order valence-electron chi connectivity index (χ1n) is 9.25. The van der Waals surface area contributed by atoms with Gasteiger partial charge in [-0.2, -0.15) is 0 Å². The number of fused-ring (bicyclic) bond motifs is 1. The Balaban J connectivity index is 1.60. The number of ether oxygens (including phenoxy) is 1. The molecule has 1 saturated heterocycles. The van der Waals surface area contributed by atoms with Crippen molar-refractivity contribution < 1.29 is 9.84 Å². The number of imidazole rings is 1. The summed E-state index contributed by atoms with van der Waals surface area (Å²) >= 11 is 0. The van der Waals surface area contributed by atoms with Crippen molar-refractivity contribution in [1.29, 1.82) is 0 Å². The number of aromatic nitrogens is 2. The van der Waals surface area contributed by atoms with Crippen LogP contribution in [0.2, 0.25) is 0 Å². The molecule has 0 saturated carbocycles. The van der Waals surface area contributed by atoms with E-state index < -0.39 is 0 Å². The van der Waals surface area contributed by atoms with Crippen molar-refractivity contribution in [3.63, 3.8) is 0 Å². The molecule has 1 aromatic heterocycles. The highest BCUT2D eigenvalue weighted by atomic mass is 16.5. The van der Waals surface area contributed by atoms with Crippen LogP contribution in [0.3, 0.4) is 0 Å². The summed E-state index contributed by atoms with van der Waals surface area (Å²) in [6.45, 7) is 2.24. The third-order valence-corrected chi connectivity index (χ3v) is 5.18. The van der Waals surface area contributed by atoms with E-state index in [9.17, 15) is 0 Å². The van der Waals surface area contributed by atoms with Gasteiger partial charge in [0.25, 0.3) is 0 Å². The number of aliphatic hydroxyl groups excluding tert-OH is 1. The first-order chi connectivity index (χ1) is 12.8. The summed E-state index contributed by atoms with van der Waals surface area (Å²) in [6, 6.07) is 16.7. The summed E-state index contributed by atoms with van der Waals surface area (Å²) in [7, 11) is 2.11. The summed E-state index contributed by atoms with van der Waals surface area (Å²) in [6.07, 6.45) is 2.30. The molecule has 3 aromatic rings. The van der Waals surface area contributed by atoms with Crippen LogP contribution < -0.4 is 4.74 Å². The smallest absolute Gasteiger partial charge is 0.127 e. The van der Waals surface area contributed by atoms with Crippen LogP contribution in [0.15, 0.2) is 48.5 Å². The first kappa shape index (κ1) is 17.1. The lowest BCUT2D eigenvalue weighted by atomic mass is 10.1. The Morgan fingerprint density at radius 1 is 1.15 bits per heavy atom. The topological polar surface area (TPSA) is 50.5 Å². The highest BCUT2D eigenvalue weighted by Gasteiger charge is 2.30. The second kappa shape index (κ2) is 7.48. The summed E-state index contributed by atoms with van der Waals surface area (Å²) < 4.78 is 7.94. The van der Waals surface area contributed by atoms with Crippen LogP contribution >= 0.6 is 0 Å². The zero-order chi connectivity index (χ0) is 17.9. The third-order valence-electron chi connectivity index (χ3n) is 5.18. The second-order valence-corrected chi connectivity index (χ2v) is 6.83. The van der Waals surface area contributed by atoms with Crippen molar-refractivity contribution in [2.75, 3.05) is 19.8 Å². The number of para-hydroxylation sites is 3. The molecule has 1 aliphatic rings. The molecular formula is C21H25N3O2. The zero-order valence-corrected chi connectivity index (χ0v) is 15.1. The fourth-order valence-electron chi connectivity index (χ4n) is 3.92. The Labute approximate surface area is 153 Å². The molecule has 1 N–H and O–H groups in total. The van der Waals surface area contributed by atoms with E-state index in [4.69, 9.17) is 14.8 Å². The lowest BCUT2D eigenvalue weighted by Gasteiger charge is -2.25. The molecule has 4 rings (SSSR count). The van der Waals surface area contributed by atoms with Gasteiger partial charge in [0.15, 0.2) is 0 Å². The standard InChI is InChI=1S/C21H25N3O2/c1-23-18-9-4-3-8-17(18)22-21(23)19-10-6-12-24(19)15-16-7-2-5-11-20(16)26-14-13-25/h2-5,7-9,11,19,25H,6,10,12-15H2,1H3. The van der Waals surface area contributed by atoms with Gasteiger partial charge in [0.1, 0.15) is 18.2 Å². The second-order valence-electron chi connectivity index (χ2n) is 6.83. The van der Waals surface area contributed by atoms with E-state index >= 15 is 0 Å². The van der Waals surface area contributed by atoms with E-state index in [-0.39, 0.29) is 6.61 Å². The Hall–Kier alpha value is -2.37. The Morgan fingerprint density at radius 2 is 1.96 bits per heavy atom. The predicted molar refractivity (Wildman–Crippen MR) is 102 cm³/mol. The summed E-state index contributed by atoms with van der Waals surface area (Å²) in [5.74, 6) is 2.00. The molecule has 1 unspecified atom stereocenters. The van der Waals surface area contributed by atoms with Crippen LogP contribution in [-0.2, 0) is 13.6 Å². The number of benzene rings is 2. The van der Waals surface area contributed by atoms with Gasteiger partial charge in [-0.3, -0.25) is 4.90 Å². The minimum absolute atomic E-state index is 0.0283. The maximum atomic E-state index is 9.05. The van der Waals surface area contributed by atoms with Crippen molar-refractivity contribution >= 4 is 11.0 Å². The predicted octanol–water partition coefficient (Wildman–Crippen LogP) is 3.28. The summed E-state index contributed by atoms with van der Waals surface area (Å²) in [5.41, 5.74) is 3.40. The molecule has 2 aromatic carbocycles. The zero-order valence-electron chi connectivity index (χ0n) is 15.1. The molecule has 26 heavy (non-hydrogen) atoms. The molecule has 5 heteroatoms. The third kappa shape index (κ3) is 3.20. The SMILES string of the molecule is Cn1c(C2CCCN2Cc2ccccc2OCCO)nc2ccccc21. The van der Waals surface area contributed by atoms with E-state index in [1.807, 2.05) is 24.3 Å². The Bertz CT molecular complexity index is 890. The summed E-state index contributed by atoms with van der Waals surface area (Å²) in [5, 5.41) is 9.05. The van der Waals surface area contributed by atoms with Crippen molar-refractivity contribution in [1.82, 2.24) is 14.5 Å². The van der Waals surface area contributed by atoms with Crippen LogP contribution in [-0.4, -0.2) is 39.3 Å². The molecular weight excluding hydrogens is 326 g/mol. The van der Waals surface area contributed by atoms with Gasteiger partial charge in [0.05, 0.1) is 23.7 Å². The molecule has 1 aliphatic heterocycles. The lowest BCUT2D eigenvalue weighted by Crippen LogP contribution is -2.25. The van der Waals surface area contributed by atoms with Crippen LogP contribution in [0.5, 0.6) is 5.75 Å². The maximum absolute atomic E-state index is 9.05. The number of aliphatic hydroxyl groups is 1. The molecule has 2 heterocycles. The van der Waals surface area contributed by atoms with E-state index in [1.54, 1.807) is 0 Å². The van der Waals surface area contributed by atoms with E-state index in [2.05, 4.69) is 40.8 Å². The monoisotopic (exact) mass is 351 g/mol. The number of hydrogen-bond acceptors (Lipinski definition) is 4. The quantitative estimate of drug-likeness (QED) is 0.740. The average molecular weight is 351 g/mol. The van der Waals surface area contributed by atoms with Gasteiger partial charge < -0.3 is 14.4 Å². The fraction of sp³-hybridized carbons (Fsp3) is 0.381. The van der Waals surface area contributed by atoms with E-state index in [0.717, 1.165) is 42.2 Å². The number of aryl methyl sites for hydroxylation is 1.